The molecule has 0 unspecified atom stereocenters. The number of carbonyl (C=O) groups is 1. The summed E-state index contributed by atoms with van der Waals surface area (Å²) in [7, 11) is 0. The van der Waals surface area contributed by atoms with Crippen LogP contribution in [0.15, 0.2) is 12.4 Å². The maximum Gasteiger partial charge on any atom is 0.234 e. The summed E-state index contributed by atoms with van der Waals surface area (Å²) in [5.74, 6) is 1.55. The zero-order valence-electron chi connectivity index (χ0n) is 11.3. The Morgan fingerprint density at radius 3 is 2.79 bits per heavy atom. The van der Waals surface area contributed by atoms with Gasteiger partial charge in [-0.15, -0.1) is 0 Å². The Labute approximate surface area is 113 Å². The van der Waals surface area contributed by atoms with E-state index in [1.165, 1.54) is 18.4 Å². The topological polar surface area (TPSA) is 61.0 Å². The van der Waals surface area contributed by atoms with E-state index in [0.29, 0.717) is 12.5 Å². The maximum atomic E-state index is 11.8. The highest BCUT2D eigenvalue weighted by Crippen LogP contribution is 2.28. The van der Waals surface area contributed by atoms with Crippen LogP contribution in [-0.4, -0.2) is 47.2 Å². The predicted molar refractivity (Wildman–Crippen MR) is 72.7 cm³/mol. The Bertz CT molecular complexity index is 405. The van der Waals surface area contributed by atoms with Gasteiger partial charge in [0.25, 0.3) is 0 Å². The first-order chi connectivity index (χ1) is 9.31. The summed E-state index contributed by atoms with van der Waals surface area (Å²) < 4.78 is 0. The van der Waals surface area contributed by atoms with E-state index in [1.54, 1.807) is 0 Å². The van der Waals surface area contributed by atoms with Crippen LogP contribution >= 0.6 is 0 Å². The van der Waals surface area contributed by atoms with Crippen LogP contribution in [0.25, 0.3) is 0 Å². The molecule has 1 aromatic rings. The molecule has 5 heteroatoms. The van der Waals surface area contributed by atoms with E-state index in [2.05, 4.69) is 20.4 Å². The van der Waals surface area contributed by atoms with Gasteiger partial charge >= 0.3 is 0 Å². The van der Waals surface area contributed by atoms with Crippen LogP contribution in [0, 0.1) is 5.92 Å². The highest BCUT2D eigenvalue weighted by atomic mass is 16.2. The van der Waals surface area contributed by atoms with Gasteiger partial charge in [-0.25, -0.2) is 0 Å². The van der Waals surface area contributed by atoms with E-state index in [-0.39, 0.29) is 5.91 Å². The molecule has 1 saturated carbocycles. The molecule has 0 aromatic carbocycles. The number of hydrogen-bond donors (Lipinski definition) is 2. The molecule has 2 aliphatic rings. The normalized spacial score (nSPS) is 21.5. The lowest BCUT2D eigenvalue weighted by molar-refractivity contribution is -0.122. The summed E-state index contributed by atoms with van der Waals surface area (Å²) in [6.45, 7) is 3.45. The molecule has 0 spiro atoms. The number of nitrogens with one attached hydrogen (secondary N) is 2. The third kappa shape index (κ3) is 3.56. The standard InChI is InChI=1S/C14H22N4O/c19-14(15-7-11-1-2-11)10-18-5-3-12(4-6-18)13-8-16-17-9-13/h8-9,11-12H,1-7,10H2,(H,15,19)(H,16,17). The molecular weight excluding hydrogens is 240 g/mol. The molecule has 1 saturated heterocycles. The van der Waals surface area contributed by atoms with Crippen LogP contribution in [0.3, 0.4) is 0 Å². The lowest BCUT2D eigenvalue weighted by atomic mass is 9.91. The van der Waals surface area contributed by atoms with E-state index in [0.717, 1.165) is 38.4 Å². The fraction of sp³-hybridized carbons (Fsp3) is 0.714. The highest BCUT2D eigenvalue weighted by molar-refractivity contribution is 5.78. The summed E-state index contributed by atoms with van der Waals surface area (Å²) in [5, 5.41) is 9.92. The molecule has 1 aliphatic carbocycles. The number of amides is 1. The first kappa shape index (κ1) is 12.7. The fourth-order valence-electron chi connectivity index (χ4n) is 2.75. The molecule has 3 rings (SSSR count). The third-order valence-corrected chi connectivity index (χ3v) is 4.23. The molecule has 1 aliphatic heterocycles. The number of piperidine rings is 1. The summed E-state index contributed by atoms with van der Waals surface area (Å²) >= 11 is 0. The number of carbonyl (C=O) groups excluding carboxylic acids is 1. The number of likely N-dealkylation sites (tertiary alicyclic amines) is 1. The van der Waals surface area contributed by atoms with Gasteiger partial charge in [-0.3, -0.25) is 14.8 Å². The average molecular weight is 262 g/mol. The van der Waals surface area contributed by atoms with E-state index < -0.39 is 0 Å². The highest BCUT2D eigenvalue weighted by Gasteiger charge is 2.24. The summed E-state index contributed by atoms with van der Waals surface area (Å²) in [4.78, 5) is 14.0. The van der Waals surface area contributed by atoms with E-state index >= 15 is 0 Å². The van der Waals surface area contributed by atoms with Gasteiger partial charge < -0.3 is 5.32 Å². The minimum Gasteiger partial charge on any atom is -0.355 e. The second-order valence-electron chi connectivity index (χ2n) is 5.83. The Balaban J connectivity index is 1.38. The van der Waals surface area contributed by atoms with E-state index in [1.807, 2.05) is 12.4 Å². The first-order valence-corrected chi connectivity index (χ1v) is 7.29. The SMILES string of the molecule is O=C(CN1CCC(c2cn[nH]c2)CC1)NCC1CC1. The lowest BCUT2D eigenvalue weighted by Gasteiger charge is -2.30. The molecular formula is C14H22N4O. The van der Waals surface area contributed by atoms with Crippen molar-refractivity contribution in [1.29, 1.82) is 0 Å². The lowest BCUT2D eigenvalue weighted by Crippen LogP contribution is -2.41. The van der Waals surface area contributed by atoms with E-state index in [9.17, 15) is 4.79 Å². The summed E-state index contributed by atoms with van der Waals surface area (Å²) in [5.41, 5.74) is 1.30. The molecule has 0 radical (unpaired) electrons. The van der Waals surface area contributed by atoms with Gasteiger partial charge in [0, 0.05) is 12.7 Å². The first-order valence-electron chi connectivity index (χ1n) is 7.29. The zero-order valence-corrected chi connectivity index (χ0v) is 11.3. The molecule has 2 fully saturated rings. The van der Waals surface area contributed by atoms with Gasteiger partial charge in [0.1, 0.15) is 0 Å². The number of aromatic amines is 1. The van der Waals surface area contributed by atoms with Crippen molar-refractivity contribution in [3.8, 4) is 0 Å². The van der Waals surface area contributed by atoms with Crippen molar-refractivity contribution >= 4 is 5.91 Å². The van der Waals surface area contributed by atoms with Gasteiger partial charge in [-0.2, -0.15) is 5.10 Å². The van der Waals surface area contributed by atoms with Crippen LogP contribution in [0.2, 0.25) is 0 Å². The van der Waals surface area contributed by atoms with Crippen molar-refractivity contribution in [3.63, 3.8) is 0 Å². The Morgan fingerprint density at radius 1 is 1.37 bits per heavy atom. The molecule has 104 valence electrons. The zero-order chi connectivity index (χ0) is 13.1. The van der Waals surface area contributed by atoms with Gasteiger partial charge in [0.05, 0.1) is 12.7 Å². The van der Waals surface area contributed by atoms with E-state index in [4.69, 9.17) is 0 Å². The quantitative estimate of drug-likeness (QED) is 0.836. The number of nitrogens with zero attached hydrogens (tertiary/aromatic N) is 2. The van der Waals surface area contributed by atoms with Crippen molar-refractivity contribution in [1.82, 2.24) is 20.4 Å². The molecule has 2 N–H and O–H groups in total. The Kier molecular flexibility index (Phi) is 3.82. The minimum atomic E-state index is 0.189. The van der Waals surface area contributed by atoms with Crippen molar-refractivity contribution in [2.75, 3.05) is 26.2 Å². The largest absolute Gasteiger partial charge is 0.355 e. The fourth-order valence-corrected chi connectivity index (χ4v) is 2.75. The second kappa shape index (κ2) is 5.74. The minimum absolute atomic E-state index is 0.189. The van der Waals surface area contributed by atoms with Crippen molar-refractivity contribution in [2.45, 2.75) is 31.6 Å². The molecule has 1 aromatic heterocycles. The molecule has 0 atom stereocenters. The average Bonchev–Trinajstić information content (AvgIpc) is 3.10. The molecule has 0 bridgehead atoms. The van der Waals surface area contributed by atoms with Crippen LogP contribution < -0.4 is 5.32 Å². The van der Waals surface area contributed by atoms with Crippen molar-refractivity contribution in [3.05, 3.63) is 18.0 Å². The van der Waals surface area contributed by atoms with Crippen LogP contribution in [-0.2, 0) is 4.79 Å². The van der Waals surface area contributed by atoms with Crippen LogP contribution in [0.4, 0.5) is 0 Å². The summed E-state index contributed by atoms with van der Waals surface area (Å²) in [6.07, 6.45) is 8.73. The number of hydrogen-bond acceptors (Lipinski definition) is 3. The van der Waals surface area contributed by atoms with Gasteiger partial charge in [-0.05, 0) is 56.2 Å². The molecule has 1 amide bonds. The third-order valence-electron chi connectivity index (χ3n) is 4.23. The predicted octanol–water partition coefficient (Wildman–Crippen LogP) is 1.12. The maximum absolute atomic E-state index is 11.8. The monoisotopic (exact) mass is 262 g/mol. The van der Waals surface area contributed by atoms with Crippen LogP contribution in [0.1, 0.15) is 37.2 Å². The van der Waals surface area contributed by atoms with Gasteiger partial charge in [0.2, 0.25) is 5.91 Å². The second-order valence-corrected chi connectivity index (χ2v) is 5.83. The number of rotatable bonds is 5. The van der Waals surface area contributed by atoms with Crippen LogP contribution in [0.5, 0.6) is 0 Å². The Morgan fingerprint density at radius 2 is 2.16 bits per heavy atom. The molecule has 19 heavy (non-hydrogen) atoms. The number of H-pyrrole nitrogens is 1. The molecule has 5 nitrogen and oxygen atoms in total. The number of aromatic nitrogens is 2. The van der Waals surface area contributed by atoms with Gasteiger partial charge in [-0.1, -0.05) is 0 Å². The van der Waals surface area contributed by atoms with Gasteiger partial charge in [0.15, 0.2) is 0 Å². The van der Waals surface area contributed by atoms with Crippen molar-refractivity contribution < 1.29 is 4.79 Å². The summed E-state index contributed by atoms with van der Waals surface area (Å²) in [6, 6.07) is 0. The molecule has 2 heterocycles. The Hall–Kier alpha value is -1.36. The smallest absolute Gasteiger partial charge is 0.234 e. The van der Waals surface area contributed by atoms with Crippen molar-refractivity contribution in [2.24, 2.45) is 5.92 Å².